The maximum Gasteiger partial charge on any atom is 0.129 e. The molecular weight excluding hydrogens is 372 g/mol. The fraction of sp³-hybridized carbons (Fsp3) is 0.346. The summed E-state index contributed by atoms with van der Waals surface area (Å²) in [4.78, 5) is 8.26. The fourth-order valence-corrected chi connectivity index (χ4v) is 3.81. The Balaban J connectivity index is 1.92. The molecule has 0 aliphatic carbocycles. The smallest absolute Gasteiger partial charge is 0.129 e. The van der Waals surface area contributed by atoms with E-state index in [4.69, 9.17) is 9.57 Å². The van der Waals surface area contributed by atoms with Crippen LogP contribution in [-0.4, -0.2) is 43.0 Å². The number of hydrogen-bond donors (Lipinski definition) is 0. The SMILES string of the molecule is COc1ccc(/C(=N\OCCN(C(C)C)C(C)C)c2cccc3ccccc23)cc1. The lowest BCUT2D eigenvalue weighted by Crippen LogP contribution is -2.39. The minimum atomic E-state index is 0.469. The first-order valence-electron chi connectivity index (χ1n) is 10.6. The minimum absolute atomic E-state index is 0.469. The van der Waals surface area contributed by atoms with Crippen LogP contribution in [0.5, 0.6) is 5.75 Å². The lowest BCUT2D eigenvalue weighted by molar-refractivity contribution is 0.0830. The Morgan fingerprint density at radius 2 is 1.53 bits per heavy atom. The van der Waals surface area contributed by atoms with E-state index in [2.05, 4.69) is 80.2 Å². The maximum absolute atomic E-state index is 5.86. The Labute approximate surface area is 180 Å². The van der Waals surface area contributed by atoms with Crippen LogP contribution in [0.2, 0.25) is 0 Å². The van der Waals surface area contributed by atoms with Crippen molar-refractivity contribution in [3.05, 3.63) is 77.9 Å². The van der Waals surface area contributed by atoms with Crippen molar-refractivity contribution in [3.63, 3.8) is 0 Å². The predicted octanol–water partition coefficient (Wildman–Crippen LogP) is 5.74. The Hall–Kier alpha value is -2.85. The normalized spacial score (nSPS) is 12.2. The maximum atomic E-state index is 5.86. The van der Waals surface area contributed by atoms with Crippen LogP contribution in [0.15, 0.2) is 71.9 Å². The van der Waals surface area contributed by atoms with Gasteiger partial charge in [0.25, 0.3) is 0 Å². The van der Waals surface area contributed by atoms with Gasteiger partial charge in [0.05, 0.1) is 7.11 Å². The molecule has 0 bridgehead atoms. The molecule has 0 aromatic heterocycles. The average molecular weight is 405 g/mol. The molecule has 3 aromatic carbocycles. The van der Waals surface area contributed by atoms with E-state index in [0.29, 0.717) is 18.7 Å². The molecule has 30 heavy (non-hydrogen) atoms. The zero-order chi connectivity index (χ0) is 21.5. The van der Waals surface area contributed by atoms with Crippen LogP contribution in [-0.2, 0) is 4.84 Å². The first-order chi connectivity index (χ1) is 14.5. The largest absolute Gasteiger partial charge is 0.497 e. The second kappa shape index (κ2) is 10.3. The van der Waals surface area contributed by atoms with Crippen LogP contribution in [0.3, 0.4) is 0 Å². The molecule has 0 fully saturated rings. The molecule has 4 nitrogen and oxygen atoms in total. The van der Waals surface area contributed by atoms with Gasteiger partial charge in [-0.25, -0.2) is 0 Å². The quantitative estimate of drug-likeness (QED) is 0.259. The second-order valence-corrected chi connectivity index (χ2v) is 7.95. The predicted molar refractivity (Wildman–Crippen MR) is 126 cm³/mol. The van der Waals surface area contributed by atoms with Crippen LogP contribution >= 0.6 is 0 Å². The Bertz CT molecular complexity index is 964. The highest BCUT2D eigenvalue weighted by atomic mass is 16.6. The summed E-state index contributed by atoms with van der Waals surface area (Å²) in [6.45, 7) is 10.2. The first-order valence-corrected chi connectivity index (χ1v) is 10.6. The number of ether oxygens (including phenoxy) is 1. The lowest BCUT2D eigenvalue weighted by atomic mass is 9.96. The highest BCUT2D eigenvalue weighted by Crippen LogP contribution is 2.23. The summed E-state index contributed by atoms with van der Waals surface area (Å²) in [7, 11) is 1.67. The molecule has 0 radical (unpaired) electrons. The number of rotatable bonds is 9. The number of nitrogens with zero attached hydrogens (tertiary/aromatic N) is 2. The van der Waals surface area contributed by atoms with E-state index < -0.39 is 0 Å². The van der Waals surface area contributed by atoms with Gasteiger partial charge in [0.15, 0.2) is 0 Å². The molecule has 0 spiro atoms. The molecule has 0 aliphatic rings. The van der Waals surface area contributed by atoms with Gasteiger partial charge in [-0.05, 0) is 62.7 Å². The summed E-state index contributed by atoms with van der Waals surface area (Å²) >= 11 is 0. The van der Waals surface area contributed by atoms with E-state index in [1.54, 1.807) is 7.11 Å². The number of hydrogen-bond acceptors (Lipinski definition) is 4. The third kappa shape index (κ3) is 5.19. The van der Waals surface area contributed by atoms with Gasteiger partial charge in [0.2, 0.25) is 0 Å². The van der Waals surface area contributed by atoms with E-state index in [1.807, 2.05) is 24.3 Å². The summed E-state index contributed by atoms with van der Waals surface area (Å²) in [6, 6.07) is 23.5. The minimum Gasteiger partial charge on any atom is -0.497 e. The second-order valence-electron chi connectivity index (χ2n) is 7.95. The third-order valence-corrected chi connectivity index (χ3v) is 5.33. The van der Waals surface area contributed by atoms with Crippen LogP contribution in [0.1, 0.15) is 38.8 Å². The Morgan fingerprint density at radius 1 is 0.867 bits per heavy atom. The van der Waals surface area contributed by atoms with Gasteiger partial charge in [0.1, 0.15) is 18.1 Å². The first kappa shape index (κ1) is 21.8. The van der Waals surface area contributed by atoms with Crippen molar-refractivity contribution in [2.24, 2.45) is 5.16 Å². The average Bonchev–Trinajstić information content (AvgIpc) is 2.75. The summed E-state index contributed by atoms with van der Waals surface area (Å²) in [6.07, 6.45) is 0. The number of fused-ring (bicyclic) bond motifs is 1. The van der Waals surface area contributed by atoms with Crippen LogP contribution in [0.4, 0.5) is 0 Å². The van der Waals surface area contributed by atoms with E-state index >= 15 is 0 Å². The van der Waals surface area contributed by atoms with Crippen molar-refractivity contribution in [1.82, 2.24) is 4.90 Å². The zero-order valence-electron chi connectivity index (χ0n) is 18.6. The van der Waals surface area contributed by atoms with Gasteiger partial charge in [-0.3, -0.25) is 4.90 Å². The molecule has 0 atom stereocenters. The number of methoxy groups -OCH3 is 1. The molecule has 0 aliphatic heterocycles. The summed E-state index contributed by atoms with van der Waals surface area (Å²) < 4.78 is 5.32. The van der Waals surface area contributed by atoms with Crippen molar-refractivity contribution < 1.29 is 9.57 Å². The summed E-state index contributed by atoms with van der Waals surface area (Å²) in [5, 5.41) is 6.95. The van der Waals surface area contributed by atoms with Crippen molar-refractivity contribution in [1.29, 1.82) is 0 Å². The van der Waals surface area contributed by atoms with Gasteiger partial charge in [-0.15, -0.1) is 0 Å². The van der Waals surface area contributed by atoms with E-state index in [0.717, 1.165) is 34.5 Å². The molecule has 4 heteroatoms. The highest BCUT2D eigenvalue weighted by molar-refractivity contribution is 6.19. The van der Waals surface area contributed by atoms with Gasteiger partial charge in [-0.1, -0.05) is 47.6 Å². The zero-order valence-corrected chi connectivity index (χ0v) is 18.6. The molecule has 0 unspecified atom stereocenters. The molecule has 0 saturated heterocycles. The van der Waals surface area contributed by atoms with Gasteiger partial charge in [-0.2, -0.15) is 0 Å². The summed E-state index contributed by atoms with van der Waals surface area (Å²) in [5.41, 5.74) is 2.88. The lowest BCUT2D eigenvalue weighted by Gasteiger charge is -2.29. The van der Waals surface area contributed by atoms with Gasteiger partial charge in [0, 0.05) is 29.8 Å². The van der Waals surface area contributed by atoms with Gasteiger partial charge >= 0.3 is 0 Å². The molecule has 0 saturated carbocycles. The molecular formula is C26H32N2O2. The topological polar surface area (TPSA) is 34.1 Å². The van der Waals surface area contributed by atoms with Crippen molar-refractivity contribution in [2.75, 3.05) is 20.3 Å². The molecule has 0 N–H and O–H groups in total. The van der Waals surface area contributed by atoms with Crippen LogP contribution < -0.4 is 4.74 Å². The van der Waals surface area contributed by atoms with Crippen molar-refractivity contribution >= 4 is 16.5 Å². The van der Waals surface area contributed by atoms with E-state index in [9.17, 15) is 0 Å². The Kier molecular flexibility index (Phi) is 7.47. The standard InChI is InChI=1S/C26H32N2O2/c1-19(2)28(20(3)4)17-18-30-27-26(22-13-15-23(29-5)16-14-22)25-12-8-10-21-9-6-7-11-24(21)25/h6-16,19-20H,17-18H2,1-5H3/b27-26+. The highest BCUT2D eigenvalue weighted by Gasteiger charge is 2.14. The molecule has 158 valence electrons. The Morgan fingerprint density at radius 3 is 2.20 bits per heavy atom. The fourth-order valence-electron chi connectivity index (χ4n) is 3.81. The molecule has 0 heterocycles. The van der Waals surface area contributed by atoms with Crippen LogP contribution in [0.25, 0.3) is 10.8 Å². The summed E-state index contributed by atoms with van der Waals surface area (Å²) in [5.74, 6) is 0.821. The molecule has 3 rings (SSSR count). The monoisotopic (exact) mass is 404 g/mol. The number of benzene rings is 3. The molecule has 0 amide bonds. The van der Waals surface area contributed by atoms with Crippen molar-refractivity contribution in [3.8, 4) is 5.75 Å². The van der Waals surface area contributed by atoms with Gasteiger partial charge < -0.3 is 9.57 Å². The number of oxime groups is 1. The van der Waals surface area contributed by atoms with E-state index in [-0.39, 0.29) is 0 Å². The molecule has 3 aromatic rings. The van der Waals surface area contributed by atoms with Crippen molar-refractivity contribution in [2.45, 2.75) is 39.8 Å². The van der Waals surface area contributed by atoms with Crippen LogP contribution in [0, 0.1) is 0 Å². The van der Waals surface area contributed by atoms with E-state index in [1.165, 1.54) is 5.39 Å². The third-order valence-electron chi connectivity index (χ3n) is 5.33.